The van der Waals surface area contributed by atoms with Gasteiger partial charge in [-0.25, -0.2) is 4.98 Å². The van der Waals surface area contributed by atoms with Crippen molar-refractivity contribution in [3.8, 4) is 0 Å². The molecule has 0 amide bonds. The first-order valence-electron chi connectivity index (χ1n) is 7.46. The summed E-state index contributed by atoms with van der Waals surface area (Å²) in [4.78, 5) is 4.39. The van der Waals surface area contributed by atoms with E-state index < -0.39 is 6.10 Å². The molecule has 3 heteroatoms. The van der Waals surface area contributed by atoms with Crippen LogP contribution >= 0.6 is 0 Å². The SMILES string of the molecule is Cc1ccccc1C(O)c1cnc(C)n1Cc1ccccc1. The highest BCUT2D eigenvalue weighted by Gasteiger charge is 2.18. The average Bonchev–Trinajstić information content (AvgIpc) is 2.89. The lowest BCUT2D eigenvalue weighted by Gasteiger charge is -2.17. The van der Waals surface area contributed by atoms with Gasteiger partial charge >= 0.3 is 0 Å². The molecular weight excluding hydrogens is 272 g/mol. The third-order valence-electron chi connectivity index (χ3n) is 4.03. The highest BCUT2D eigenvalue weighted by atomic mass is 16.3. The van der Waals surface area contributed by atoms with Crippen LogP contribution < -0.4 is 0 Å². The second-order valence-electron chi connectivity index (χ2n) is 5.56. The Morgan fingerprint density at radius 3 is 2.41 bits per heavy atom. The molecule has 0 bridgehead atoms. The normalized spacial score (nSPS) is 12.3. The minimum atomic E-state index is -0.661. The van der Waals surface area contributed by atoms with Gasteiger partial charge in [0, 0.05) is 6.54 Å². The summed E-state index contributed by atoms with van der Waals surface area (Å²) >= 11 is 0. The fourth-order valence-electron chi connectivity index (χ4n) is 2.73. The number of benzene rings is 2. The predicted octanol–water partition coefficient (Wildman–Crippen LogP) is 3.63. The van der Waals surface area contributed by atoms with Crippen molar-refractivity contribution in [1.82, 2.24) is 9.55 Å². The molecule has 0 radical (unpaired) electrons. The van der Waals surface area contributed by atoms with E-state index in [1.165, 1.54) is 5.56 Å². The Kier molecular flexibility index (Phi) is 4.07. The smallest absolute Gasteiger partial charge is 0.121 e. The molecule has 0 aliphatic heterocycles. The minimum absolute atomic E-state index is 0.661. The fraction of sp³-hybridized carbons (Fsp3) is 0.211. The van der Waals surface area contributed by atoms with Gasteiger partial charge < -0.3 is 9.67 Å². The van der Waals surface area contributed by atoms with E-state index in [1.807, 2.05) is 56.3 Å². The number of aromatic nitrogens is 2. The maximum Gasteiger partial charge on any atom is 0.121 e. The lowest BCUT2D eigenvalue weighted by Crippen LogP contribution is -2.12. The third-order valence-corrected chi connectivity index (χ3v) is 4.03. The molecule has 22 heavy (non-hydrogen) atoms. The molecule has 0 saturated heterocycles. The summed E-state index contributed by atoms with van der Waals surface area (Å²) < 4.78 is 2.08. The third kappa shape index (κ3) is 2.81. The monoisotopic (exact) mass is 292 g/mol. The maximum absolute atomic E-state index is 10.8. The zero-order chi connectivity index (χ0) is 15.5. The van der Waals surface area contributed by atoms with E-state index in [-0.39, 0.29) is 0 Å². The van der Waals surface area contributed by atoms with Crippen molar-refractivity contribution in [3.63, 3.8) is 0 Å². The van der Waals surface area contributed by atoms with Crippen LogP contribution in [0.15, 0.2) is 60.8 Å². The summed E-state index contributed by atoms with van der Waals surface area (Å²) in [5.74, 6) is 0.909. The molecule has 112 valence electrons. The first-order chi connectivity index (χ1) is 10.7. The Bertz CT molecular complexity index is 762. The molecule has 1 aromatic heterocycles. The summed E-state index contributed by atoms with van der Waals surface area (Å²) in [5.41, 5.74) is 4.04. The van der Waals surface area contributed by atoms with E-state index >= 15 is 0 Å². The van der Waals surface area contributed by atoms with E-state index in [4.69, 9.17) is 0 Å². The Labute approximate surface area is 130 Å². The lowest BCUT2D eigenvalue weighted by molar-refractivity contribution is 0.209. The summed E-state index contributed by atoms with van der Waals surface area (Å²) in [5, 5.41) is 10.8. The van der Waals surface area contributed by atoms with E-state index in [1.54, 1.807) is 6.20 Å². The molecule has 0 aliphatic carbocycles. The topological polar surface area (TPSA) is 38.1 Å². The summed E-state index contributed by atoms with van der Waals surface area (Å²) in [7, 11) is 0. The lowest BCUT2D eigenvalue weighted by atomic mass is 10.0. The molecule has 3 aromatic rings. The van der Waals surface area contributed by atoms with Crippen LogP contribution in [0.4, 0.5) is 0 Å². The van der Waals surface area contributed by atoms with Crippen LogP contribution in [-0.2, 0) is 6.54 Å². The number of aryl methyl sites for hydroxylation is 2. The van der Waals surface area contributed by atoms with Crippen LogP contribution in [-0.4, -0.2) is 14.7 Å². The Morgan fingerprint density at radius 1 is 1.00 bits per heavy atom. The van der Waals surface area contributed by atoms with Gasteiger partial charge in [-0.05, 0) is 30.5 Å². The molecule has 0 saturated carbocycles. The predicted molar refractivity (Wildman–Crippen MR) is 87.7 cm³/mol. The second-order valence-corrected chi connectivity index (χ2v) is 5.56. The second kappa shape index (κ2) is 6.16. The Morgan fingerprint density at radius 2 is 1.68 bits per heavy atom. The van der Waals surface area contributed by atoms with Crippen molar-refractivity contribution < 1.29 is 5.11 Å². The minimum Gasteiger partial charge on any atom is -0.382 e. The van der Waals surface area contributed by atoms with Crippen LogP contribution in [0.25, 0.3) is 0 Å². The van der Waals surface area contributed by atoms with Gasteiger partial charge in [0.25, 0.3) is 0 Å². The van der Waals surface area contributed by atoms with Gasteiger partial charge in [0.15, 0.2) is 0 Å². The van der Waals surface area contributed by atoms with E-state index in [0.29, 0.717) is 6.54 Å². The van der Waals surface area contributed by atoms with Gasteiger partial charge in [0.05, 0.1) is 11.9 Å². The van der Waals surface area contributed by atoms with Crippen LogP contribution in [0.3, 0.4) is 0 Å². The standard InChI is InChI=1S/C19H20N2O/c1-14-8-6-7-11-17(14)19(22)18-12-20-15(2)21(18)13-16-9-4-3-5-10-16/h3-12,19,22H,13H2,1-2H3. The summed E-state index contributed by atoms with van der Waals surface area (Å²) in [6, 6.07) is 18.2. The largest absolute Gasteiger partial charge is 0.382 e. The van der Waals surface area contributed by atoms with Crippen LogP contribution in [0.5, 0.6) is 0 Å². The van der Waals surface area contributed by atoms with Gasteiger partial charge in [-0.1, -0.05) is 54.6 Å². The zero-order valence-corrected chi connectivity index (χ0v) is 12.9. The van der Waals surface area contributed by atoms with Gasteiger partial charge in [-0.2, -0.15) is 0 Å². The van der Waals surface area contributed by atoms with E-state index in [9.17, 15) is 5.11 Å². The molecule has 1 heterocycles. The molecule has 0 fully saturated rings. The van der Waals surface area contributed by atoms with Crippen molar-refractivity contribution in [1.29, 1.82) is 0 Å². The Balaban J connectivity index is 1.97. The first kappa shape index (κ1) is 14.5. The number of hydrogen-bond donors (Lipinski definition) is 1. The number of aliphatic hydroxyl groups is 1. The number of imidazole rings is 1. The molecular formula is C19H20N2O. The maximum atomic E-state index is 10.8. The molecule has 3 nitrogen and oxygen atoms in total. The van der Waals surface area contributed by atoms with Crippen molar-refractivity contribution >= 4 is 0 Å². The average molecular weight is 292 g/mol. The highest BCUT2D eigenvalue weighted by molar-refractivity contribution is 5.33. The first-order valence-corrected chi connectivity index (χ1v) is 7.46. The van der Waals surface area contributed by atoms with Crippen molar-refractivity contribution in [2.45, 2.75) is 26.5 Å². The highest BCUT2D eigenvalue weighted by Crippen LogP contribution is 2.26. The fourth-order valence-corrected chi connectivity index (χ4v) is 2.73. The van der Waals surface area contributed by atoms with Gasteiger partial charge in [-0.15, -0.1) is 0 Å². The van der Waals surface area contributed by atoms with Crippen LogP contribution in [0, 0.1) is 13.8 Å². The number of hydrogen-bond acceptors (Lipinski definition) is 2. The van der Waals surface area contributed by atoms with Crippen LogP contribution in [0.1, 0.15) is 34.3 Å². The zero-order valence-electron chi connectivity index (χ0n) is 12.9. The summed E-state index contributed by atoms with van der Waals surface area (Å²) in [6.45, 7) is 4.70. The van der Waals surface area contributed by atoms with Gasteiger partial charge in [0.2, 0.25) is 0 Å². The molecule has 0 aliphatic rings. The van der Waals surface area contributed by atoms with Gasteiger partial charge in [0.1, 0.15) is 11.9 Å². The molecule has 2 aromatic carbocycles. The molecule has 1 N–H and O–H groups in total. The van der Waals surface area contributed by atoms with Crippen LogP contribution in [0.2, 0.25) is 0 Å². The van der Waals surface area contributed by atoms with Crippen molar-refractivity contribution in [3.05, 3.63) is 89.0 Å². The van der Waals surface area contributed by atoms with Gasteiger partial charge in [-0.3, -0.25) is 0 Å². The quantitative estimate of drug-likeness (QED) is 0.797. The number of aliphatic hydroxyl groups excluding tert-OH is 1. The Hall–Kier alpha value is -2.39. The number of nitrogens with zero attached hydrogens (tertiary/aromatic N) is 2. The molecule has 3 rings (SSSR count). The summed E-state index contributed by atoms with van der Waals surface area (Å²) in [6.07, 6.45) is 1.11. The van der Waals surface area contributed by atoms with Crippen molar-refractivity contribution in [2.75, 3.05) is 0 Å². The van der Waals surface area contributed by atoms with E-state index in [0.717, 1.165) is 22.6 Å². The molecule has 0 spiro atoms. The van der Waals surface area contributed by atoms with Crippen molar-refractivity contribution in [2.24, 2.45) is 0 Å². The molecule has 1 atom stereocenters. The number of rotatable bonds is 4. The van der Waals surface area contributed by atoms with E-state index in [2.05, 4.69) is 21.7 Å². The molecule has 1 unspecified atom stereocenters.